The van der Waals surface area contributed by atoms with E-state index in [1.807, 2.05) is 6.07 Å². The number of thiophene rings is 1. The summed E-state index contributed by atoms with van der Waals surface area (Å²) >= 11 is 1.67. The minimum atomic E-state index is 0.636. The number of aromatic amines is 1. The molecule has 1 aliphatic rings. The number of tetrazole rings is 1. The van der Waals surface area contributed by atoms with Gasteiger partial charge in [-0.15, -0.1) is 21.5 Å². The second-order valence-electron chi connectivity index (χ2n) is 5.59. The molecule has 114 valence electrons. The van der Waals surface area contributed by atoms with Gasteiger partial charge in [0, 0.05) is 4.88 Å². The third kappa shape index (κ3) is 2.02. The summed E-state index contributed by atoms with van der Waals surface area (Å²) in [6.07, 6.45) is 2.25. The Balaban J connectivity index is 1.65. The molecular formula is C19H12N4S. The fourth-order valence-corrected chi connectivity index (χ4v) is 4.05. The van der Waals surface area contributed by atoms with Gasteiger partial charge >= 0.3 is 0 Å². The lowest BCUT2D eigenvalue weighted by atomic mass is 10.0. The van der Waals surface area contributed by atoms with E-state index in [0.717, 1.165) is 4.88 Å². The molecule has 4 nitrogen and oxygen atoms in total. The third-order valence-electron chi connectivity index (χ3n) is 4.20. The summed E-state index contributed by atoms with van der Waals surface area (Å²) < 4.78 is 0. The molecule has 5 heteroatoms. The van der Waals surface area contributed by atoms with E-state index >= 15 is 0 Å². The standard InChI is InChI=1S/C19H12N4S/c1-3-7-15-13(5-1)14-6-2-4-8-16(14)17(15)11-12-9-10-18(24-12)19-20-22-23-21-19/h1-11H,(H,20,21,22,23). The molecule has 1 N–H and O–H groups in total. The van der Waals surface area contributed by atoms with Gasteiger partial charge in [-0.3, -0.25) is 0 Å². The van der Waals surface area contributed by atoms with Gasteiger partial charge in [-0.1, -0.05) is 48.5 Å². The SMILES string of the molecule is C(=C1c2ccccc2-c2ccccc21)c1ccc(-c2nn[nH]n2)s1. The smallest absolute Gasteiger partial charge is 0.177 e. The number of hydrogen-bond donors (Lipinski definition) is 1. The molecule has 0 aliphatic heterocycles. The van der Waals surface area contributed by atoms with Gasteiger partial charge in [0.1, 0.15) is 0 Å². The fraction of sp³-hybridized carbons (Fsp3) is 0. The lowest BCUT2D eigenvalue weighted by molar-refractivity contribution is 0.881. The zero-order valence-electron chi connectivity index (χ0n) is 12.6. The molecule has 2 aromatic carbocycles. The van der Waals surface area contributed by atoms with Crippen molar-refractivity contribution in [2.75, 3.05) is 0 Å². The van der Waals surface area contributed by atoms with Crippen LogP contribution < -0.4 is 0 Å². The molecule has 2 aromatic heterocycles. The molecule has 0 bridgehead atoms. The maximum atomic E-state index is 4.05. The summed E-state index contributed by atoms with van der Waals surface area (Å²) in [4.78, 5) is 2.19. The highest BCUT2D eigenvalue weighted by atomic mass is 32.1. The predicted octanol–water partition coefficient (Wildman–Crippen LogP) is 4.50. The van der Waals surface area contributed by atoms with Crippen LogP contribution in [-0.4, -0.2) is 20.6 Å². The molecule has 0 fully saturated rings. The number of nitrogens with one attached hydrogen (secondary N) is 1. The van der Waals surface area contributed by atoms with Gasteiger partial charge in [0.15, 0.2) is 0 Å². The Bertz CT molecular complexity index is 1010. The van der Waals surface area contributed by atoms with E-state index in [1.54, 1.807) is 11.3 Å². The van der Waals surface area contributed by atoms with Gasteiger partial charge in [0.05, 0.1) is 4.88 Å². The minimum Gasteiger partial charge on any atom is -0.177 e. The summed E-state index contributed by atoms with van der Waals surface area (Å²) in [6, 6.07) is 21.3. The van der Waals surface area contributed by atoms with Crippen LogP contribution in [0.15, 0.2) is 60.7 Å². The van der Waals surface area contributed by atoms with E-state index < -0.39 is 0 Å². The van der Waals surface area contributed by atoms with Crippen molar-refractivity contribution in [2.24, 2.45) is 0 Å². The average molecular weight is 328 g/mol. The van der Waals surface area contributed by atoms with E-state index in [-0.39, 0.29) is 0 Å². The molecule has 2 heterocycles. The molecule has 24 heavy (non-hydrogen) atoms. The number of benzene rings is 2. The van der Waals surface area contributed by atoms with Gasteiger partial charge in [0.2, 0.25) is 5.82 Å². The van der Waals surface area contributed by atoms with Crippen LogP contribution in [0.1, 0.15) is 16.0 Å². The van der Waals surface area contributed by atoms with Crippen molar-refractivity contribution < 1.29 is 0 Å². The molecule has 1 aliphatic carbocycles. The molecule has 5 rings (SSSR count). The molecule has 0 atom stereocenters. The number of rotatable bonds is 2. The number of nitrogens with zero attached hydrogens (tertiary/aromatic N) is 3. The lowest BCUT2D eigenvalue weighted by Gasteiger charge is -2.01. The van der Waals surface area contributed by atoms with Crippen molar-refractivity contribution in [1.29, 1.82) is 0 Å². The molecule has 0 saturated heterocycles. The molecule has 4 aromatic rings. The van der Waals surface area contributed by atoms with E-state index in [4.69, 9.17) is 0 Å². The van der Waals surface area contributed by atoms with Crippen molar-refractivity contribution in [2.45, 2.75) is 0 Å². The zero-order chi connectivity index (χ0) is 15.9. The Kier molecular flexibility index (Phi) is 2.93. The van der Waals surface area contributed by atoms with Crippen molar-refractivity contribution >= 4 is 23.0 Å². The summed E-state index contributed by atoms with van der Waals surface area (Å²) in [5, 5.41) is 14.2. The highest BCUT2D eigenvalue weighted by Crippen LogP contribution is 2.45. The van der Waals surface area contributed by atoms with E-state index in [0.29, 0.717) is 5.82 Å². The van der Waals surface area contributed by atoms with Crippen molar-refractivity contribution in [3.05, 3.63) is 76.7 Å². The highest BCUT2D eigenvalue weighted by molar-refractivity contribution is 7.16. The van der Waals surface area contributed by atoms with Crippen LogP contribution in [0.2, 0.25) is 0 Å². The van der Waals surface area contributed by atoms with Gasteiger partial charge in [-0.05, 0) is 51.2 Å². The Morgan fingerprint density at radius 2 is 1.46 bits per heavy atom. The first-order chi connectivity index (χ1) is 11.9. The minimum absolute atomic E-state index is 0.636. The van der Waals surface area contributed by atoms with Gasteiger partial charge in [-0.25, -0.2) is 0 Å². The Hall–Kier alpha value is -3.05. The first-order valence-electron chi connectivity index (χ1n) is 7.65. The second-order valence-corrected chi connectivity index (χ2v) is 6.70. The van der Waals surface area contributed by atoms with Crippen LogP contribution in [0.4, 0.5) is 0 Å². The Labute approximate surface area is 142 Å². The van der Waals surface area contributed by atoms with Crippen LogP contribution in [0.5, 0.6) is 0 Å². The normalized spacial score (nSPS) is 12.1. The van der Waals surface area contributed by atoms with E-state index in [1.165, 1.54) is 32.7 Å². The topological polar surface area (TPSA) is 54.5 Å². The van der Waals surface area contributed by atoms with Gasteiger partial charge in [0.25, 0.3) is 0 Å². The maximum absolute atomic E-state index is 4.05. The Morgan fingerprint density at radius 3 is 2.08 bits per heavy atom. The van der Waals surface area contributed by atoms with E-state index in [9.17, 15) is 0 Å². The first-order valence-corrected chi connectivity index (χ1v) is 8.46. The fourth-order valence-electron chi connectivity index (χ4n) is 3.17. The summed E-state index contributed by atoms with van der Waals surface area (Å²) in [5.41, 5.74) is 6.44. The summed E-state index contributed by atoms with van der Waals surface area (Å²) in [7, 11) is 0. The first kappa shape index (κ1) is 13.4. The van der Waals surface area contributed by atoms with Gasteiger partial charge in [-0.2, -0.15) is 5.21 Å². The van der Waals surface area contributed by atoms with Crippen molar-refractivity contribution in [3.63, 3.8) is 0 Å². The third-order valence-corrected chi connectivity index (χ3v) is 5.23. The largest absolute Gasteiger partial charge is 0.214 e. The number of aromatic nitrogens is 4. The Morgan fingerprint density at radius 1 is 0.792 bits per heavy atom. The average Bonchev–Trinajstić information content (AvgIpc) is 3.35. The quantitative estimate of drug-likeness (QED) is 0.519. The number of fused-ring (bicyclic) bond motifs is 3. The summed E-state index contributed by atoms with van der Waals surface area (Å²) in [6.45, 7) is 0. The van der Waals surface area contributed by atoms with Crippen LogP contribution >= 0.6 is 11.3 Å². The van der Waals surface area contributed by atoms with E-state index in [2.05, 4.69) is 81.3 Å². The van der Waals surface area contributed by atoms with Crippen LogP contribution in [0, 0.1) is 0 Å². The molecule has 0 unspecified atom stereocenters. The molecule has 0 radical (unpaired) electrons. The monoisotopic (exact) mass is 328 g/mol. The number of H-pyrrole nitrogens is 1. The predicted molar refractivity (Wildman–Crippen MR) is 96.3 cm³/mol. The second kappa shape index (κ2) is 5.25. The molecule has 0 spiro atoms. The van der Waals surface area contributed by atoms with Gasteiger partial charge < -0.3 is 0 Å². The number of hydrogen-bond acceptors (Lipinski definition) is 4. The summed E-state index contributed by atoms with van der Waals surface area (Å²) in [5.74, 6) is 0.636. The lowest BCUT2D eigenvalue weighted by Crippen LogP contribution is -1.79. The van der Waals surface area contributed by atoms with Crippen LogP contribution in [0.3, 0.4) is 0 Å². The maximum Gasteiger partial charge on any atom is 0.214 e. The van der Waals surface area contributed by atoms with Crippen molar-refractivity contribution in [3.8, 4) is 21.8 Å². The van der Waals surface area contributed by atoms with Crippen LogP contribution in [0.25, 0.3) is 33.5 Å². The highest BCUT2D eigenvalue weighted by Gasteiger charge is 2.22. The van der Waals surface area contributed by atoms with Crippen molar-refractivity contribution in [1.82, 2.24) is 20.6 Å². The molecule has 0 amide bonds. The molecule has 0 saturated carbocycles. The molecular weight excluding hydrogens is 316 g/mol. The van der Waals surface area contributed by atoms with Crippen LogP contribution in [-0.2, 0) is 0 Å². The zero-order valence-corrected chi connectivity index (χ0v) is 13.4.